The van der Waals surface area contributed by atoms with E-state index in [2.05, 4.69) is 5.32 Å². The third-order valence-electron chi connectivity index (χ3n) is 5.40. The van der Waals surface area contributed by atoms with Crippen LogP contribution in [0.1, 0.15) is 27.9 Å². The third kappa shape index (κ3) is 3.36. The summed E-state index contributed by atoms with van der Waals surface area (Å²) < 4.78 is 5.78. The molecule has 0 saturated heterocycles. The summed E-state index contributed by atoms with van der Waals surface area (Å²) >= 11 is 0. The van der Waals surface area contributed by atoms with Crippen molar-refractivity contribution in [2.75, 3.05) is 16.8 Å². The van der Waals surface area contributed by atoms with Crippen molar-refractivity contribution in [3.8, 4) is 11.5 Å². The molecule has 5 nitrogen and oxygen atoms in total. The Morgan fingerprint density at radius 2 is 1.55 bits per heavy atom. The first kappa shape index (κ1) is 17.5. The molecule has 3 aromatic carbocycles. The van der Waals surface area contributed by atoms with E-state index in [1.165, 1.54) is 0 Å². The molecule has 2 heterocycles. The van der Waals surface area contributed by atoms with Crippen LogP contribution >= 0.6 is 0 Å². The second kappa shape index (κ2) is 7.09. The normalized spacial score (nSPS) is 14.5. The van der Waals surface area contributed by atoms with Gasteiger partial charge >= 0.3 is 0 Å². The van der Waals surface area contributed by atoms with Crippen LogP contribution in [0.25, 0.3) is 0 Å². The van der Waals surface area contributed by atoms with Crippen molar-refractivity contribution in [1.29, 1.82) is 0 Å². The van der Waals surface area contributed by atoms with Gasteiger partial charge in [0.15, 0.2) is 0 Å². The van der Waals surface area contributed by atoms with Crippen molar-refractivity contribution in [3.63, 3.8) is 0 Å². The number of nitrogens with zero attached hydrogens (tertiary/aromatic N) is 1. The second-order valence-electron chi connectivity index (χ2n) is 7.33. The van der Waals surface area contributed by atoms with E-state index in [9.17, 15) is 9.59 Å². The van der Waals surface area contributed by atoms with E-state index in [1.807, 2.05) is 71.6 Å². The molecule has 3 aromatic rings. The molecule has 5 rings (SSSR count). The largest absolute Gasteiger partial charge is 0.457 e. The minimum atomic E-state index is -0.142. The number of aryl methyl sites for hydroxylation is 1. The Labute approximate surface area is 168 Å². The van der Waals surface area contributed by atoms with E-state index in [0.717, 1.165) is 35.5 Å². The number of benzene rings is 3. The number of carbonyl (C=O) groups is 2. The fourth-order valence-corrected chi connectivity index (χ4v) is 4.02. The number of hydrogen-bond donors (Lipinski definition) is 1. The first-order valence-electron chi connectivity index (χ1n) is 9.78. The molecule has 0 bridgehead atoms. The molecule has 2 aliphatic heterocycles. The molecule has 2 amide bonds. The lowest BCUT2D eigenvalue weighted by Gasteiger charge is -2.25. The quantitative estimate of drug-likeness (QED) is 0.717. The second-order valence-corrected chi connectivity index (χ2v) is 7.33. The van der Waals surface area contributed by atoms with Crippen LogP contribution in [0.4, 0.5) is 11.4 Å². The zero-order valence-corrected chi connectivity index (χ0v) is 15.9. The van der Waals surface area contributed by atoms with Crippen molar-refractivity contribution in [2.45, 2.75) is 19.3 Å². The summed E-state index contributed by atoms with van der Waals surface area (Å²) in [6.45, 7) is 0.717. The number of ether oxygens (including phenoxy) is 1. The molecule has 0 aliphatic carbocycles. The van der Waals surface area contributed by atoms with Crippen LogP contribution < -0.4 is 15.0 Å². The molecule has 0 spiro atoms. The standard InChI is InChI=1S/C24H20N2O3/c27-22-11-6-16-14-18(15-17-12-13-26(22)23(16)17)24(28)25-19-7-9-21(10-8-19)29-20-4-2-1-3-5-20/h1-5,7-10,14-15H,6,11-13H2,(H,25,28). The van der Waals surface area contributed by atoms with Crippen molar-refractivity contribution >= 4 is 23.2 Å². The lowest BCUT2D eigenvalue weighted by molar-refractivity contribution is -0.118. The molecule has 2 aliphatic rings. The van der Waals surface area contributed by atoms with Crippen molar-refractivity contribution in [1.82, 2.24) is 0 Å². The van der Waals surface area contributed by atoms with E-state index in [0.29, 0.717) is 29.8 Å². The third-order valence-corrected chi connectivity index (χ3v) is 5.40. The van der Waals surface area contributed by atoms with Gasteiger partial charge in [0.1, 0.15) is 11.5 Å². The fraction of sp³-hybridized carbons (Fsp3) is 0.167. The Hall–Kier alpha value is -3.60. The summed E-state index contributed by atoms with van der Waals surface area (Å²) in [6, 6.07) is 20.7. The van der Waals surface area contributed by atoms with Crippen molar-refractivity contribution < 1.29 is 14.3 Å². The number of nitrogens with one attached hydrogen (secondary N) is 1. The van der Waals surface area contributed by atoms with E-state index in [4.69, 9.17) is 4.74 Å². The monoisotopic (exact) mass is 384 g/mol. The predicted molar refractivity (Wildman–Crippen MR) is 112 cm³/mol. The van der Waals surface area contributed by atoms with Gasteiger partial charge in [0, 0.05) is 24.2 Å². The van der Waals surface area contributed by atoms with E-state index >= 15 is 0 Å². The molecule has 144 valence electrons. The van der Waals surface area contributed by atoms with Gasteiger partial charge in [0.25, 0.3) is 5.91 Å². The molecule has 0 fully saturated rings. The maximum atomic E-state index is 12.8. The van der Waals surface area contributed by atoms with E-state index in [1.54, 1.807) is 0 Å². The van der Waals surface area contributed by atoms with Gasteiger partial charge in [-0.2, -0.15) is 0 Å². The first-order chi connectivity index (χ1) is 14.2. The highest BCUT2D eigenvalue weighted by Crippen LogP contribution is 2.37. The zero-order chi connectivity index (χ0) is 19.8. The van der Waals surface area contributed by atoms with Crippen LogP contribution in [0.3, 0.4) is 0 Å². The van der Waals surface area contributed by atoms with Gasteiger partial charge in [0.2, 0.25) is 5.91 Å². The van der Waals surface area contributed by atoms with Gasteiger partial charge in [-0.25, -0.2) is 0 Å². The van der Waals surface area contributed by atoms with Crippen LogP contribution in [-0.2, 0) is 17.6 Å². The molecule has 1 N–H and O–H groups in total. The number of anilines is 2. The lowest BCUT2D eigenvalue weighted by Crippen LogP contribution is -2.33. The minimum absolute atomic E-state index is 0.142. The minimum Gasteiger partial charge on any atom is -0.457 e. The molecule has 0 radical (unpaired) electrons. The van der Waals surface area contributed by atoms with E-state index in [-0.39, 0.29) is 11.8 Å². The molecule has 0 atom stereocenters. The Morgan fingerprint density at radius 1 is 0.862 bits per heavy atom. The smallest absolute Gasteiger partial charge is 0.255 e. The number of hydrogen-bond acceptors (Lipinski definition) is 3. The topological polar surface area (TPSA) is 58.6 Å². The summed E-state index contributed by atoms with van der Waals surface area (Å²) in [5.41, 5.74) is 4.56. The molecule has 0 saturated carbocycles. The van der Waals surface area contributed by atoms with Gasteiger partial charge in [-0.1, -0.05) is 18.2 Å². The van der Waals surface area contributed by atoms with Crippen molar-refractivity contribution in [2.24, 2.45) is 0 Å². The predicted octanol–water partition coefficient (Wildman–Crippen LogP) is 4.57. The zero-order valence-electron chi connectivity index (χ0n) is 15.9. The fourth-order valence-electron chi connectivity index (χ4n) is 4.02. The van der Waals surface area contributed by atoms with Crippen LogP contribution in [0.2, 0.25) is 0 Å². The lowest BCUT2D eigenvalue weighted by atomic mass is 9.96. The molecule has 5 heteroatoms. The van der Waals surface area contributed by atoms with Gasteiger partial charge in [-0.3, -0.25) is 9.59 Å². The van der Waals surface area contributed by atoms with Gasteiger partial charge < -0.3 is 15.0 Å². The molecular weight excluding hydrogens is 364 g/mol. The number of carbonyl (C=O) groups excluding carboxylic acids is 2. The highest BCUT2D eigenvalue weighted by atomic mass is 16.5. The van der Waals surface area contributed by atoms with Crippen LogP contribution in [0.15, 0.2) is 66.7 Å². The van der Waals surface area contributed by atoms with Gasteiger partial charge in [-0.05, 0) is 72.5 Å². The Bertz CT molecular complexity index is 1090. The van der Waals surface area contributed by atoms with Crippen molar-refractivity contribution in [3.05, 3.63) is 83.4 Å². The average Bonchev–Trinajstić information content (AvgIpc) is 3.18. The Kier molecular flexibility index (Phi) is 4.28. The highest BCUT2D eigenvalue weighted by Gasteiger charge is 2.32. The Morgan fingerprint density at radius 3 is 2.31 bits per heavy atom. The summed E-state index contributed by atoms with van der Waals surface area (Å²) in [5, 5.41) is 2.95. The summed E-state index contributed by atoms with van der Waals surface area (Å²) in [5.74, 6) is 1.52. The number of amides is 2. The Balaban J connectivity index is 1.32. The maximum Gasteiger partial charge on any atom is 0.255 e. The molecule has 0 unspecified atom stereocenters. The van der Waals surface area contributed by atoms with Crippen LogP contribution in [-0.4, -0.2) is 18.4 Å². The van der Waals surface area contributed by atoms with Crippen LogP contribution in [0.5, 0.6) is 11.5 Å². The maximum absolute atomic E-state index is 12.8. The van der Waals surface area contributed by atoms with Crippen LogP contribution in [0, 0.1) is 0 Å². The van der Waals surface area contributed by atoms with Gasteiger partial charge in [0.05, 0.1) is 5.69 Å². The van der Waals surface area contributed by atoms with E-state index < -0.39 is 0 Å². The number of para-hydroxylation sites is 1. The molecule has 29 heavy (non-hydrogen) atoms. The van der Waals surface area contributed by atoms with Gasteiger partial charge in [-0.15, -0.1) is 0 Å². The highest BCUT2D eigenvalue weighted by molar-refractivity contribution is 6.06. The molecular formula is C24H20N2O3. The summed E-state index contributed by atoms with van der Waals surface area (Å²) in [6.07, 6.45) is 2.02. The first-order valence-corrected chi connectivity index (χ1v) is 9.78. The average molecular weight is 384 g/mol. The SMILES string of the molecule is O=C(Nc1ccc(Oc2ccccc2)cc1)c1cc2c3c(c1)CCN3C(=O)CC2. The molecule has 0 aromatic heterocycles. The summed E-state index contributed by atoms with van der Waals surface area (Å²) in [4.78, 5) is 26.7. The summed E-state index contributed by atoms with van der Waals surface area (Å²) in [7, 11) is 0. The number of rotatable bonds is 4.